The van der Waals surface area contributed by atoms with E-state index in [1.807, 2.05) is 6.92 Å². The molecule has 2 bridgehead atoms. The van der Waals surface area contributed by atoms with Gasteiger partial charge in [-0.1, -0.05) is 20.8 Å². The Balaban J connectivity index is 1.90. The summed E-state index contributed by atoms with van der Waals surface area (Å²) in [5.74, 6) is 0.814. The van der Waals surface area contributed by atoms with Crippen LogP contribution in [0.25, 0.3) is 0 Å². The highest BCUT2D eigenvalue weighted by Crippen LogP contribution is 2.66. The molecule has 106 valence electrons. The first-order valence-electron chi connectivity index (χ1n) is 7.24. The zero-order chi connectivity index (χ0) is 13.6. The molecule has 2 fully saturated rings. The Morgan fingerprint density at radius 3 is 2.50 bits per heavy atom. The van der Waals surface area contributed by atoms with Crippen LogP contribution < -0.4 is 5.73 Å². The van der Waals surface area contributed by atoms with Crippen molar-refractivity contribution < 1.29 is 9.84 Å². The summed E-state index contributed by atoms with van der Waals surface area (Å²) < 4.78 is 6.12. The molecule has 4 unspecified atom stereocenters. The number of hydrogen-bond acceptors (Lipinski definition) is 3. The van der Waals surface area contributed by atoms with Crippen LogP contribution in [0.3, 0.4) is 0 Å². The highest BCUT2D eigenvalue weighted by molar-refractivity contribution is 5.11. The van der Waals surface area contributed by atoms with E-state index in [2.05, 4.69) is 20.8 Å². The van der Waals surface area contributed by atoms with Gasteiger partial charge < -0.3 is 15.6 Å². The average molecular weight is 255 g/mol. The van der Waals surface area contributed by atoms with E-state index in [1.165, 1.54) is 19.3 Å². The van der Waals surface area contributed by atoms with E-state index in [0.29, 0.717) is 23.5 Å². The van der Waals surface area contributed by atoms with Gasteiger partial charge in [-0.05, 0) is 49.4 Å². The standard InChI is InChI=1S/C15H29NO2/c1-13(2)11-5-6-15(13,4)12(9-11)18-8-7-14(3,16)10-17/h11-12,17H,5-10,16H2,1-4H3. The van der Waals surface area contributed by atoms with Crippen LogP contribution in [0.2, 0.25) is 0 Å². The Kier molecular flexibility index (Phi) is 3.54. The van der Waals surface area contributed by atoms with Crippen molar-refractivity contribution in [2.45, 2.75) is 65.0 Å². The maximum absolute atomic E-state index is 9.14. The number of aliphatic hydroxyl groups excluding tert-OH is 1. The van der Waals surface area contributed by atoms with E-state index in [4.69, 9.17) is 15.6 Å². The van der Waals surface area contributed by atoms with E-state index in [9.17, 15) is 0 Å². The summed E-state index contributed by atoms with van der Waals surface area (Å²) in [5.41, 5.74) is 6.15. The van der Waals surface area contributed by atoms with E-state index in [-0.39, 0.29) is 6.61 Å². The second-order valence-electron chi connectivity index (χ2n) is 7.53. The van der Waals surface area contributed by atoms with Gasteiger partial charge in [-0.3, -0.25) is 0 Å². The zero-order valence-corrected chi connectivity index (χ0v) is 12.3. The summed E-state index contributed by atoms with van der Waals surface area (Å²) in [7, 11) is 0. The van der Waals surface area contributed by atoms with Gasteiger partial charge in [0.1, 0.15) is 0 Å². The van der Waals surface area contributed by atoms with Gasteiger partial charge in [-0.25, -0.2) is 0 Å². The Bertz CT molecular complexity index is 314. The lowest BCUT2D eigenvalue weighted by atomic mass is 9.70. The minimum Gasteiger partial charge on any atom is -0.394 e. The number of rotatable bonds is 5. The van der Waals surface area contributed by atoms with E-state index in [0.717, 1.165) is 12.3 Å². The van der Waals surface area contributed by atoms with E-state index >= 15 is 0 Å². The fraction of sp³-hybridized carbons (Fsp3) is 1.00. The Hall–Kier alpha value is -0.120. The van der Waals surface area contributed by atoms with Crippen LogP contribution >= 0.6 is 0 Å². The van der Waals surface area contributed by atoms with Gasteiger partial charge in [0.2, 0.25) is 0 Å². The Morgan fingerprint density at radius 2 is 2.06 bits per heavy atom. The first-order chi connectivity index (χ1) is 8.23. The maximum atomic E-state index is 9.14. The molecule has 4 atom stereocenters. The van der Waals surface area contributed by atoms with Crippen LogP contribution in [-0.2, 0) is 4.74 Å². The second-order valence-corrected chi connectivity index (χ2v) is 7.53. The normalized spacial score (nSPS) is 41.0. The van der Waals surface area contributed by atoms with Crippen LogP contribution in [0.5, 0.6) is 0 Å². The highest BCUT2D eigenvalue weighted by Gasteiger charge is 2.61. The van der Waals surface area contributed by atoms with Crippen molar-refractivity contribution in [1.82, 2.24) is 0 Å². The first-order valence-corrected chi connectivity index (χ1v) is 7.24. The molecule has 18 heavy (non-hydrogen) atoms. The summed E-state index contributed by atoms with van der Waals surface area (Å²) in [5, 5.41) is 9.14. The molecule has 0 heterocycles. The molecule has 3 heteroatoms. The van der Waals surface area contributed by atoms with Crippen molar-refractivity contribution in [2.75, 3.05) is 13.2 Å². The molecule has 2 aliphatic carbocycles. The van der Waals surface area contributed by atoms with Crippen molar-refractivity contribution >= 4 is 0 Å². The monoisotopic (exact) mass is 255 g/mol. The number of fused-ring (bicyclic) bond motifs is 2. The maximum Gasteiger partial charge on any atom is 0.0636 e. The van der Waals surface area contributed by atoms with Crippen LogP contribution in [0.4, 0.5) is 0 Å². The third-order valence-corrected chi connectivity index (χ3v) is 6.07. The number of aliphatic hydroxyl groups is 1. The zero-order valence-electron chi connectivity index (χ0n) is 12.3. The predicted octanol–water partition coefficient (Wildman–Crippen LogP) is 2.32. The van der Waals surface area contributed by atoms with Gasteiger partial charge >= 0.3 is 0 Å². The lowest BCUT2D eigenvalue weighted by Gasteiger charge is -2.39. The molecule has 0 aromatic carbocycles. The molecule has 2 saturated carbocycles. The number of ether oxygens (including phenoxy) is 1. The smallest absolute Gasteiger partial charge is 0.0636 e. The molecule has 2 rings (SSSR count). The average Bonchev–Trinajstić information content (AvgIpc) is 2.62. The van der Waals surface area contributed by atoms with Gasteiger partial charge in [0, 0.05) is 12.1 Å². The van der Waals surface area contributed by atoms with Crippen LogP contribution in [0, 0.1) is 16.7 Å². The summed E-state index contributed by atoms with van der Waals surface area (Å²) in [6, 6.07) is 0. The molecular weight excluding hydrogens is 226 g/mol. The van der Waals surface area contributed by atoms with Gasteiger partial charge in [-0.2, -0.15) is 0 Å². The van der Waals surface area contributed by atoms with Crippen LogP contribution in [0.1, 0.15) is 53.4 Å². The van der Waals surface area contributed by atoms with Gasteiger partial charge in [-0.15, -0.1) is 0 Å². The van der Waals surface area contributed by atoms with Crippen molar-refractivity contribution in [3.05, 3.63) is 0 Å². The molecule has 0 amide bonds. The molecule has 0 saturated heterocycles. The summed E-state index contributed by atoms with van der Waals surface area (Å²) >= 11 is 0. The molecular formula is C15H29NO2. The van der Waals surface area contributed by atoms with E-state index < -0.39 is 5.54 Å². The van der Waals surface area contributed by atoms with Gasteiger partial charge in [0.15, 0.2) is 0 Å². The molecule has 0 aliphatic heterocycles. The Morgan fingerprint density at radius 1 is 1.39 bits per heavy atom. The Labute approximate surface area is 111 Å². The second kappa shape index (κ2) is 4.46. The largest absolute Gasteiger partial charge is 0.394 e. The highest BCUT2D eigenvalue weighted by atomic mass is 16.5. The topological polar surface area (TPSA) is 55.5 Å². The molecule has 0 spiro atoms. The molecule has 0 aromatic heterocycles. The molecule has 0 radical (unpaired) electrons. The van der Waals surface area contributed by atoms with Crippen molar-refractivity contribution in [2.24, 2.45) is 22.5 Å². The SMILES string of the molecule is CC(N)(CO)CCOC1CC2CCC1(C)C2(C)C. The lowest BCUT2D eigenvalue weighted by molar-refractivity contribution is -0.0523. The summed E-state index contributed by atoms with van der Waals surface area (Å²) in [4.78, 5) is 0. The fourth-order valence-corrected chi connectivity index (χ4v) is 3.90. The van der Waals surface area contributed by atoms with Crippen molar-refractivity contribution in [1.29, 1.82) is 0 Å². The minimum atomic E-state index is -0.506. The molecule has 3 N–H and O–H groups in total. The van der Waals surface area contributed by atoms with Crippen LogP contribution in [-0.4, -0.2) is 30.0 Å². The summed E-state index contributed by atoms with van der Waals surface area (Å²) in [6.45, 7) is 9.74. The number of hydrogen-bond donors (Lipinski definition) is 2. The van der Waals surface area contributed by atoms with Crippen molar-refractivity contribution in [3.63, 3.8) is 0 Å². The molecule has 3 nitrogen and oxygen atoms in total. The van der Waals surface area contributed by atoms with E-state index in [1.54, 1.807) is 0 Å². The third-order valence-electron chi connectivity index (χ3n) is 6.07. The van der Waals surface area contributed by atoms with Gasteiger partial charge in [0.05, 0.1) is 12.7 Å². The van der Waals surface area contributed by atoms with Crippen molar-refractivity contribution in [3.8, 4) is 0 Å². The number of nitrogens with two attached hydrogens (primary N) is 1. The summed E-state index contributed by atoms with van der Waals surface area (Å²) in [6.07, 6.45) is 4.94. The predicted molar refractivity (Wildman–Crippen MR) is 73.3 cm³/mol. The van der Waals surface area contributed by atoms with Gasteiger partial charge in [0.25, 0.3) is 0 Å². The molecule has 2 aliphatic rings. The quantitative estimate of drug-likeness (QED) is 0.792. The molecule has 0 aromatic rings. The minimum absolute atomic E-state index is 0.0203. The fourth-order valence-electron chi connectivity index (χ4n) is 3.90. The van der Waals surface area contributed by atoms with Crippen LogP contribution in [0.15, 0.2) is 0 Å². The lowest BCUT2D eigenvalue weighted by Crippen LogP contribution is -2.42. The third kappa shape index (κ3) is 2.10. The first kappa shape index (κ1) is 14.3.